The van der Waals surface area contributed by atoms with Crippen LogP contribution in [0.1, 0.15) is 34.8 Å². The molecule has 0 aromatic carbocycles. The van der Waals surface area contributed by atoms with Gasteiger partial charge in [0.15, 0.2) is 5.82 Å². The highest BCUT2D eigenvalue weighted by molar-refractivity contribution is 5.99. The van der Waals surface area contributed by atoms with Crippen molar-refractivity contribution in [1.29, 1.82) is 0 Å². The zero-order chi connectivity index (χ0) is 14.7. The summed E-state index contributed by atoms with van der Waals surface area (Å²) >= 11 is 0. The van der Waals surface area contributed by atoms with Crippen molar-refractivity contribution in [3.8, 4) is 0 Å². The maximum Gasteiger partial charge on any atom is 0.255 e. The highest BCUT2D eigenvalue weighted by Crippen LogP contribution is 2.16. The molecule has 0 saturated carbocycles. The molecule has 0 saturated heterocycles. The van der Waals surface area contributed by atoms with Crippen LogP contribution in [0.25, 0.3) is 0 Å². The number of hydrogen-bond acceptors (Lipinski definition) is 5. The summed E-state index contributed by atoms with van der Waals surface area (Å²) in [5, 5.41) is 13.7. The Morgan fingerprint density at radius 1 is 1.45 bits per heavy atom. The van der Waals surface area contributed by atoms with Crippen molar-refractivity contribution in [2.45, 2.75) is 19.9 Å². The van der Waals surface area contributed by atoms with E-state index in [1.807, 2.05) is 27.0 Å². The largest absolute Gasteiger partial charge is 0.387 e. The second-order valence-electron chi connectivity index (χ2n) is 4.62. The van der Waals surface area contributed by atoms with Crippen molar-refractivity contribution in [3.63, 3.8) is 0 Å². The molecular weight excluding hydrogens is 256 g/mol. The van der Waals surface area contributed by atoms with Gasteiger partial charge >= 0.3 is 0 Å². The maximum absolute atomic E-state index is 12.3. The van der Waals surface area contributed by atoms with Crippen LogP contribution in [0.4, 0.5) is 5.69 Å². The predicted octanol–water partition coefficient (Wildman–Crippen LogP) is 1.05. The van der Waals surface area contributed by atoms with Gasteiger partial charge in [0.25, 0.3) is 5.91 Å². The highest BCUT2D eigenvalue weighted by Gasteiger charge is 2.17. The fourth-order valence-corrected chi connectivity index (χ4v) is 1.97. The molecule has 106 valence electrons. The summed E-state index contributed by atoms with van der Waals surface area (Å²) in [7, 11) is 3.61. The Bertz CT molecular complexity index is 621. The van der Waals surface area contributed by atoms with E-state index in [1.54, 1.807) is 24.1 Å². The lowest BCUT2D eigenvalue weighted by Crippen LogP contribution is -2.29. The van der Waals surface area contributed by atoms with Gasteiger partial charge in [-0.3, -0.25) is 9.78 Å². The van der Waals surface area contributed by atoms with Crippen molar-refractivity contribution >= 4 is 11.6 Å². The van der Waals surface area contributed by atoms with Crippen LogP contribution in [0.2, 0.25) is 0 Å². The van der Waals surface area contributed by atoms with Crippen LogP contribution in [0.15, 0.2) is 18.6 Å². The number of nitrogens with one attached hydrogen (secondary N) is 2. The van der Waals surface area contributed by atoms with Crippen LogP contribution in [0.5, 0.6) is 0 Å². The summed E-state index contributed by atoms with van der Waals surface area (Å²) in [6.07, 6.45) is 3.17. The second kappa shape index (κ2) is 5.68. The average Bonchev–Trinajstić information content (AvgIpc) is 2.84. The lowest BCUT2D eigenvalue weighted by Gasteiger charge is -2.15. The monoisotopic (exact) mass is 274 g/mol. The average molecular weight is 274 g/mol. The van der Waals surface area contributed by atoms with Crippen LogP contribution in [-0.2, 0) is 7.05 Å². The molecule has 1 atom stereocenters. The van der Waals surface area contributed by atoms with Gasteiger partial charge in [0.1, 0.15) is 6.33 Å². The fourth-order valence-electron chi connectivity index (χ4n) is 1.97. The van der Waals surface area contributed by atoms with Crippen LogP contribution >= 0.6 is 0 Å². The molecule has 1 unspecified atom stereocenters. The molecule has 2 rings (SSSR count). The zero-order valence-corrected chi connectivity index (χ0v) is 12.0. The first-order valence-electron chi connectivity index (χ1n) is 6.32. The molecular formula is C13H18N6O. The van der Waals surface area contributed by atoms with E-state index >= 15 is 0 Å². The Morgan fingerprint density at radius 2 is 2.20 bits per heavy atom. The highest BCUT2D eigenvalue weighted by atomic mass is 16.1. The second-order valence-corrected chi connectivity index (χ2v) is 4.62. The van der Waals surface area contributed by atoms with E-state index in [1.165, 1.54) is 0 Å². The normalized spacial score (nSPS) is 12.0. The van der Waals surface area contributed by atoms with Crippen LogP contribution in [0.3, 0.4) is 0 Å². The number of anilines is 1. The Morgan fingerprint density at radius 3 is 2.80 bits per heavy atom. The Balaban J connectivity index is 2.18. The van der Waals surface area contributed by atoms with Crippen LogP contribution in [-0.4, -0.2) is 32.7 Å². The standard InChI is InChI=1S/C13H18N6O/c1-8-5-11(14-3)10(6-15-8)13(20)17-9(2)12-18-16-7-19(12)4/h5-7,9H,1-4H3,(H,14,15)(H,17,20). The molecule has 2 heterocycles. The molecule has 0 bridgehead atoms. The molecule has 7 heteroatoms. The van der Waals surface area contributed by atoms with Gasteiger partial charge in [-0.25, -0.2) is 0 Å². The topological polar surface area (TPSA) is 84.7 Å². The Labute approximate surface area is 117 Å². The number of aromatic nitrogens is 4. The quantitative estimate of drug-likeness (QED) is 0.870. The third kappa shape index (κ3) is 2.76. The van der Waals surface area contributed by atoms with Crippen molar-refractivity contribution in [3.05, 3.63) is 35.7 Å². The molecule has 0 aliphatic rings. The van der Waals surface area contributed by atoms with Gasteiger partial charge in [-0.15, -0.1) is 10.2 Å². The summed E-state index contributed by atoms with van der Waals surface area (Å²) < 4.78 is 1.78. The SMILES string of the molecule is CNc1cc(C)ncc1C(=O)NC(C)c1nncn1C. The summed E-state index contributed by atoms with van der Waals surface area (Å²) in [5.74, 6) is 0.502. The molecule has 0 radical (unpaired) electrons. The minimum absolute atomic E-state index is 0.197. The molecule has 7 nitrogen and oxygen atoms in total. The van der Waals surface area contributed by atoms with Gasteiger partial charge in [0.2, 0.25) is 0 Å². The summed E-state index contributed by atoms with van der Waals surface area (Å²) in [6, 6.07) is 1.60. The van der Waals surface area contributed by atoms with Gasteiger partial charge in [0, 0.05) is 26.0 Å². The molecule has 0 fully saturated rings. The zero-order valence-electron chi connectivity index (χ0n) is 12.0. The van der Waals surface area contributed by atoms with Crippen LogP contribution in [0, 0.1) is 6.92 Å². The maximum atomic E-state index is 12.3. The van der Waals surface area contributed by atoms with Gasteiger partial charge in [-0.2, -0.15) is 0 Å². The van der Waals surface area contributed by atoms with Crippen molar-refractivity contribution in [1.82, 2.24) is 25.1 Å². The molecule has 2 aromatic heterocycles. The summed E-state index contributed by atoms with van der Waals surface area (Å²) in [4.78, 5) is 16.5. The number of carbonyl (C=O) groups is 1. The number of amides is 1. The molecule has 20 heavy (non-hydrogen) atoms. The van der Waals surface area contributed by atoms with Gasteiger partial charge in [-0.05, 0) is 19.9 Å². The minimum Gasteiger partial charge on any atom is -0.387 e. The first-order valence-corrected chi connectivity index (χ1v) is 6.32. The van der Waals surface area contributed by atoms with Crippen molar-refractivity contribution < 1.29 is 4.79 Å². The lowest BCUT2D eigenvalue weighted by molar-refractivity contribution is 0.0938. The number of hydrogen-bond donors (Lipinski definition) is 2. The summed E-state index contributed by atoms with van der Waals surface area (Å²) in [6.45, 7) is 3.74. The lowest BCUT2D eigenvalue weighted by atomic mass is 10.2. The summed E-state index contributed by atoms with van der Waals surface area (Å²) in [5.41, 5.74) is 2.11. The predicted molar refractivity (Wildman–Crippen MR) is 75.4 cm³/mol. The number of carbonyl (C=O) groups excluding carboxylic acids is 1. The van der Waals surface area contributed by atoms with Gasteiger partial charge in [-0.1, -0.05) is 0 Å². The minimum atomic E-state index is -0.235. The third-order valence-corrected chi connectivity index (χ3v) is 3.04. The smallest absolute Gasteiger partial charge is 0.255 e. The van der Waals surface area contributed by atoms with Gasteiger partial charge in [0.05, 0.1) is 17.3 Å². The first-order chi connectivity index (χ1) is 9.52. The van der Waals surface area contributed by atoms with E-state index in [0.29, 0.717) is 11.4 Å². The molecule has 0 spiro atoms. The van der Waals surface area contributed by atoms with E-state index in [0.717, 1.165) is 11.4 Å². The fraction of sp³-hybridized carbons (Fsp3) is 0.385. The molecule has 2 aromatic rings. The Hall–Kier alpha value is -2.44. The molecule has 0 aliphatic heterocycles. The Kier molecular flexibility index (Phi) is 3.97. The van der Waals surface area contributed by atoms with Crippen molar-refractivity contribution in [2.75, 3.05) is 12.4 Å². The number of pyridine rings is 1. The van der Waals surface area contributed by atoms with E-state index in [-0.39, 0.29) is 11.9 Å². The van der Waals surface area contributed by atoms with E-state index in [2.05, 4.69) is 25.8 Å². The molecule has 2 N–H and O–H groups in total. The van der Waals surface area contributed by atoms with Gasteiger partial charge < -0.3 is 15.2 Å². The molecule has 1 amide bonds. The number of rotatable bonds is 4. The third-order valence-electron chi connectivity index (χ3n) is 3.04. The molecule has 0 aliphatic carbocycles. The van der Waals surface area contributed by atoms with Crippen LogP contribution < -0.4 is 10.6 Å². The first kappa shape index (κ1) is 14.0. The number of nitrogens with zero attached hydrogens (tertiary/aromatic N) is 4. The van der Waals surface area contributed by atoms with E-state index in [9.17, 15) is 4.79 Å². The number of aryl methyl sites for hydroxylation is 2. The van der Waals surface area contributed by atoms with E-state index < -0.39 is 0 Å². The van der Waals surface area contributed by atoms with Crippen molar-refractivity contribution in [2.24, 2.45) is 7.05 Å². The van der Waals surface area contributed by atoms with E-state index in [4.69, 9.17) is 0 Å².